The third-order valence-corrected chi connectivity index (χ3v) is 5.81. The number of anilines is 2. The minimum Gasteiger partial charge on any atom is -0.368 e. The predicted octanol–water partition coefficient (Wildman–Crippen LogP) is 4.20. The van der Waals surface area contributed by atoms with Crippen molar-refractivity contribution in [1.29, 1.82) is 0 Å². The van der Waals surface area contributed by atoms with E-state index in [0.29, 0.717) is 16.5 Å². The van der Waals surface area contributed by atoms with E-state index in [0.717, 1.165) is 37.6 Å². The second-order valence-electron chi connectivity index (χ2n) is 6.45. The zero-order valence-corrected chi connectivity index (χ0v) is 15.2. The van der Waals surface area contributed by atoms with Gasteiger partial charge in [0.1, 0.15) is 0 Å². The molecule has 2 heterocycles. The van der Waals surface area contributed by atoms with Crippen molar-refractivity contribution in [2.24, 2.45) is 0 Å². The lowest BCUT2D eigenvalue weighted by Gasteiger charge is -2.42. The molecule has 0 radical (unpaired) electrons. The van der Waals surface area contributed by atoms with Crippen molar-refractivity contribution >= 4 is 40.5 Å². The van der Waals surface area contributed by atoms with Crippen LogP contribution < -0.4 is 10.2 Å². The Kier molecular flexibility index (Phi) is 4.59. The summed E-state index contributed by atoms with van der Waals surface area (Å²) in [5.41, 5.74) is 3.12. The van der Waals surface area contributed by atoms with Crippen LogP contribution in [-0.4, -0.2) is 37.0 Å². The van der Waals surface area contributed by atoms with Crippen molar-refractivity contribution in [2.75, 3.05) is 36.4 Å². The third-order valence-electron chi connectivity index (χ3n) is 5.00. The van der Waals surface area contributed by atoms with Crippen molar-refractivity contribution in [3.63, 3.8) is 0 Å². The number of nitrogens with zero attached hydrogens (tertiary/aromatic N) is 2. The van der Waals surface area contributed by atoms with E-state index in [9.17, 15) is 4.79 Å². The van der Waals surface area contributed by atoms with E-state index in [4.69, 9.17) is 23.2 Å². The Hall–Kier alpha value is -1.75. The molecular weight excluding hydrogens is 357 g/mol. The summed E-state index contributed by atoms with van der Waals surface area (Å²) >= 11 is 12.5. The molecule has 0 aromatic heterocycles. The molecule has 4 nitrogen and oxygen atoms in total. The fourth-order valence-corrected chi connectivity index (χ4v) is 4.14. The second-order valence-corrected chi connectivity index (χ2v) is 7.24. The smallest absolute Gasteiger partial charge is 0.226 e. The van der Waals surface area contributed by atoms with Gasteiger partial charge in [-0.2, -0.15) is 0 Å². The number of hydrogen-bond donors (Lipinski definition) is 1. The standard InChI is InChI=1S/C19H19Cl2N3O/c20-14-5-3-7-16(19(14)21)23-8-10-24(11-9-23)17-12-18(25)22-15-6-2-1-4-13(15)17/h1-7,17H,8-12H2,(H,22,25). The maximum atomic E-state index is 12.1. The molecule has 2 aromatic carbocycles. The van der Waals surface area contributed by atoms with Crippen molar-refractivity contribution in [3.8, 4) is 0 Å². The number of piperazine rings is 1. The topological polar surface area (TPSA) is 35.6 Å². The molecule has 1 N–H and O–H groups in total. The second kappa shape index (κ2) is 6.87. The first-order valence-electron chi connectivity index (χ1n) is 8.45. The number of para-hydroxylation sites is 1. The lowest BCUT2D eigenvalue weighted by Crippen LogP contribution is -2.49. The van der Waals surface area contributed by atoms with Crippen molar-refractivity contribution in [3.05, 3.63) is 58.1 Å². The van der Waals surface area contributed by atoms with Gasteiger partial charge in [0.15, 0.2) is 0 Å². The SMILES string of the molecule is O=C1CC(N2CCN(c3cccc(Cl)c3Cl)CC2)c2ccccc2N1. The Morgan fingerprint density at radius 2 is 1.72 bits per heavy atom. The predicted molar refractivity (Wildman–Crippen MR) is 103 cm³/mol. The summed E-state index contributed by atoms with van der Waals surface area (Å²) in [7, 11) is 0. The van der Waals surface area contributed by atoms with Gasteiger partial charge in [0, 0.05) is 44.3 Å². The minimum absolute atomic E-state index is 0.0871. The zero-order valence-electron chi connectivity index (χ0n) is 13.7. The number of hydrogen-bond acceptors (Lipinski definition) is 3. The number of carbonyl (C=O) groups excluding carboxylic acids is 1. The largest absolute Gasteiger partial charge is 0.368 e. The first-order valence-corrected chi connectivity index (χ1v) is 9.21. The molecule has 1 unspecified atom stereocenters. The molecule has 1 amide bonds. The molecule has 25 heavy (non-hydrogen) atoms. The average Bonchev–Trinajstić information content (AvgIpc) is 2.63. The molecule has 6 heteroatoms. The van der Waals surface area contributed by atoms with Crippen LogP contribution in [0.1, 0.15) is 18.0 Å². The lowest BCUT2D eigenvalue weighted by atomic mass is 9.95. The monoisotopic (exact) mass is 375 g/mol. The van der Waals surface area contributed by atoms with Crippen LogP contribution in [-0.2, 0) is 4.79 Å². The van der Waals surface area contributed by atoms with Gasteiger partial charge in [0.25, 0.3) is 0 Å². The van der Waals surface area contributed by atoms with Gasteiger partial charge in [-0.25, -0.2) is 0 Å². The Labute approximate surface area is 157 Å². The molecule has 0 aliphatic carbocycles. The average molecular weight is 376 g/mol. The first kappa shape index (κ1) is 16.7. The third kappa shape index (κ3) is 3.22. The number of fused-ring (bicyclic) bond motifs is 1. The molecule has 2 aliphatic rings. The summed E-state index contributed by atoms with van der Waals surface area (Å²) in [5, 5.41) is 4.16. The minimum atomic E-state index is 0.0871. The van der Waals surface area contributed by atoms with Gasteiger partial charge in [0.2, 0.25) is 5.91 Å². The van der Waals surface area contributed by atoms with E-state index in [2.05, 4.69) is 21.2 Å². The van der Waals surface area contributed by atoms with Crippen LogP contribution in [0, 0.1) is 0 Å². The van der Waals surface area contributed by atoms with E-state index in [1.165, 1.54) is 5.56 Å². The maximum Gasteiger partial charge on any atom is 0.226 e. The fourth-order valence-electron chi connectivity index (χ4n) is 3.73. The molecule has 130 valence electrons. The van der Waals surface area contributed by atoms with E-state index < -0.39 is 0 Å². The van der Waals surface area contributed by atoms with Crippen LogP contribution in [0.4, 0.5) is 11.4 Å². The molecule has 2 aliphatic heterocycles. The zero-order chi connectivity index (χ0) is 17.4. The molecular formula is C19H19Cl2N3O. The van der Waals surface area contributed by atoms with Crippen LogP contribution in [0.25, 0.3) is 0 Å². The van der Waals surface area contributed by atoms with Crippen molar-refractivity contribution in [2.45, 2.75) is 12.5 Å². The maximum absolute atomic E-state index is 12.1. The van der Waals surface area contributed by atoms with Gasteiger partial charge in [-0.15, -0.1) is 0 Å². The normalized spacial score (nSPS) is 21.0. The highest BCUT2D eigenvalue weighted by molar-refractivity contribution is 6.43. The number of rotatable bonds is 2. The number of carbonyl (C=O) groups is 1. The highest BCUT2D eigenvalue weighted by Crippen LogP contribution is 2.37. The molecule has 2 aromatic rings. The molecule has 0 saturated carbocycles. The van der Waals surface area contributed by atoms with Crippen LogP contribution in [0.15, 0.2) is 42.5 Å². The number of halogens is 2. The van der Waals surface area contributed by atoms with Gasteiger partial charge in [0.05, 0.1) is 15.7 Å². The number of amides is 1. The van der Waals surface area contributed by atoms with E-state index in [1.54, 1.807) is 6.07 Å². The molecule has 0 spiro atoms. The van der Waals surface area contributed by atoms with Crippen molar-refractivity contribution < 1.29 is 4.79 Å². The first-order chi connectivity index (χ1) is 12.1. The van der Waals surface area contributed by atoms with Gasteiger partial charge < -0.3 is 10.2 Å². The Bertz CT molecular complexity index is 803. The van der Waals surface area contributed by atoms with E-state index in [-0.39, 0.29) is 11.9 Å². The number of benzene rings is 2. The van der Waals surface area contributed by atoms with E-state index >= 15 is 0 Å². The van der Waals surface area contributed by atoms with Gasteiger partial charge >= 0.3 is 0 Å². The van der Waals surface area contributed by atoms with Gasteiger partial charge in [-0.3, -0.25) is 9.69 Å². The van der Waals surface area contributed by atoms with Crippen LogP contribution in [0.3, 0.4) is 0 Å². The summed E-state index contributed by atoms with van der Waals surface area (Å²) in [5.74, 6) is 0.0871. The summed E-state index contributed by atoms with van der Waals surface area (Å²) in [6.07, 6.45) is 0.509. The molecule has 1 saturated heterocycles. The van der Waals surface area contributed by atoms with Gasteiger partial charge in [-0.1, -0.05) is 47.5 Å². The summed E-state index contributed by atoms with van der Waals surface area (Å²) < 4.78 is 0. The highest BCUT2D eigenvalue weighted by atomic mass is 35.5. The molecule has 1 fully saturated rings. The molecule has 4 rings (SSSR count). The van der Waals surface area contributed by atoms with Crippen LogP contribution in [0.2, 0.25) is 10.0 Å². The van der Waals surface area contributed by atoms with Gasteiger partial charge in [-0.05, 0) is 23.8 Å². The molecule has 0 bridgehead atoms. The lowest BCUT2D eigenvalue weighted by molar-refractivity contribution is -0.117. The van der Waals surface area contributed by atoms with Crippen LogP contribution >= 0.6 is 23.2 Å². The summed E-state index contributed by atoms with van der Waals surface area (Å²) in [6.45, 7) is 3.49. The quantitative estimate of drug-likeness (QED) is 0.854. The Balaban J connectivity index is 1.51. The Morgan fingerprint density at radius 3 is 2.52 bits per heavy atom. The van der Waals surface area contributed by atoms with Crippen molar-refractivity contribution in [1.82, 2.24) is 4.90 Å². The fraction of sp³-hybridized carbons (Fsp3) is 0.316. The summed E-state index contributed by atoms with van der Waals surface area (Å²) in [4.78, 5) is 16.7. The Morgan fingerprint density at radius 1 is 0.960 bits per heavy atom. The number of nitrogens with one attached hydrogen (secondary N) is 1. The summed E-state index contributed by atoms with van der Waals surface area (Å²) in [6, 6.07) is 14.0. The molecule has 1 atom stereocenters. The van der Waals surface area contributed by atoms with E-state index in [1.807, 2.05) is 30.3 Å². The van der Waals surface area contributed by atoms with Crippen LogP contribution in [0.5, 0.6) is 0 Å². The highest BCUT2D eigenvalue weighted by Gasteiger charge is 2.32.